The number of benzene rings is 1. The Balaban J connectivity index is 1.47. The summed E-state index contributed by atoms with van der Waals surface area (Å²) in [7, 11) is 0. The van der Waals surface area contributed by atoms with Gasteiger partial charge in [-0.1, -0.05) is 24.1 Å². The zero-order valence-corrected chi connectivity index (χ0v) is 20.1. The molecule has 2 heterocycles. The van der Waals surface area contributed by atoms with Crippen molar-refractivity contribution in [2.24, 2.45) is 28.2 Å². The molecule has 32 heavy (non-hydrogen) atoms. The number of nitrogens with zero attached hydrogens (tertiary/aromatic N) is 3. The van der Waals surface area contributed by atoms with Crippen LogP contribution in [0.2, 0.25) is 0 Å². The van der Waals surface area contributed by atoms with E-state index < -0.39 is 5.41 Å². The minimum Gasteiger partial charge on any atom is -0.293 e. The summed E-state index contributed by atoms with van der Waals surface area (Å²) in [5.41, 5.74) is 1.84. The Morgan fingerprint density at radius 1 is 0.875 bits per heavy atom. The summed E-state index contributed by atoms with van der Waals surface area (Å²) < 4.78 is 0. The van der Waals surface area contributed by atoms with Gasteiger partial charge in [0, 0.05) is 0 Å². The lowest BCUT2D eigenvalue weighted by Gasteiger charge is -2.55. The Morgan fingerprint density at radius 2 is 1.44 bits per heavy atom. The van der Waals surface area contributed by atoms with E-state index in [2.05, 4.69) is 49.9 Å². The number of carbonyl (C=O) groups excluding carboxylic acids is 1. The van der Waals surface area contributed by atoms with Crippen LogP contribution in [-0.4, -0.2) is 41.3 Å². The molecule has 0 aromatic heterocycles. The summed E-state index contributed by atoms with van der Waals surface area (Å²) in [6.07, 6.45) is 11.8. The minimum atomic E-state index is -0.455. The van der Waals surface area contributed by atoms with Gasteiger partial charge in [-0.05, 0) is 115 Å². The van der Waals surface area contributed by atoms with E-state index in [1.165, 1.54) is 63.4 Å². The quantitative estimate of drug-likeness (QED) is 0.623. The fourth-order valence-corrected chi connectivity index (χ4v) is 8.25. The van der Waals surface area contributed by atoms with Gasteiger partial charge in [0.15, 0.2) is 0 Å². The monoisotopic (exact) mass is 433 g/mol. The maximum Gasteiger partial charge on any atom is 0.240 e. The molecule has 4 bridgehead atoms. The maximum absolute atomic E-state index is 14.0. The van der Waals surface area contributed by atoms with Crippen LogP contribution >= 0.6 is 0 Å². The van der Waals surface area contributed by atoms with Crippen molar-refractivity contribution in [1.82, 2.24) is 4.90 Å². The van der Waals surface area contributed by atoms with Crippen LogP contribution < -0.4 is 4.90 Å². The van der Waals surface area contributed by atoms with Gasteiger partial charge < -0.3 is 0 Å². The molecule has 0 spiro atoms. The smallest absolute Gasteiger partial charge is 0.240 e. The lowest BCUT2D eigenvalue weighted by Crippen LogP contribution is -2.53. The maximum atomic E-state index is 14.0. The first-order valence-corrected chi connectivity index (χ1v) is 13.1. The molecule has 4 aliphatic carbocycles. The Labute approximate surface area is 193 Å². The zero-order chi connectivity index (χ0) is 22.1. The number of carbonyl (C=O) groups is 1. The van der Waals surface area contributed by atoms with Crippen LogP contribution in [0, 0.1) is 30.1 Å². The average molecular weight is 434 g/mol. The summed E-state index contributed by atoms with van der Waals surface area (Å²) in [6.45, 7) is 8.61. The molecule has 4 nitrogen and oxygen atoms in total. The molecule has 0 radical (unpaired) electrons. The molecule has 1 amide bonds. The molecule has 6 aliphatic rings. The number of piperidine rings is 1. The third-order valence-corrected chi connectivity index (χ3v) is 9.32. The topological polar surface area (TPSA) is 35.9 Å². The Hall–Kier alpha value is -1.68. The number of amides is 1. The van der Waals surface area contributed by atoms with E-state index in [0.29, 0.717) is 0 Å². The van der Waals surface area contributed by atoms with Gasteiger partial charge in [0.2, 0.25) is 5.91 Å². The number of hydrogen-bond acceptors (Lipinski definition) is 3. The van der Waals surface area contributed by atoms with E-state index >= 15 is 0 Å². The first kappa shape index (κ1) is 20.9. The lowest BCUT2D eigenvalue weighted by atomic mass is 9.53. The standard InChI is InChI=1S/C28H39N3O/c1-19-7-9-23(10-8-19)31-25(24(27(2,3)26(31)32)30-11-5-4-6-12-30)29-28-16-20-13-21(17-28)15-22(14-20)18-28/h7-10,20-22,24H,4-6,11-18H2,1-3H3. The van der Waals surface area contributed by atoms with Crippen LogP contribution in [0.4, 0.5) is 5.69 Å². The summed E-state index contributed by atoms with van der Waals surface area (Å²) in [5.74, 6) is 3.86. The summed E-state index contributed by atoms with van der Waals surface area (Å²) in [5, 5.41) is 0. The van der Waals surface area contributed by atoms with Gasteiger partial charge in [-0.2, -0.15) is 0 Å². The second-order valence-corrected chi connectivity index (χ2v) is 12.3. The van der Waals surface area contributed by atoms with Gasteiger partial charge >= 0.3 is 0 Å². The molecule has 4 heteroatoms. The largest absolute Gasteiger partial charge is 0.293 e. The highest BCUT2D eigenvalue weighted by atomic mass is 16.2. The molecule has 1 aromatic rings. The highest BCUT2D eigenvalue weighted by molar-refractivity contribution is 6.27. The van der Waals surface area contributed by atoms with Gasteiger partial charge in [-0.25, -0.2) is 0 Å². The van der Waals surface area contributed by atoms with Crippen LogP contribution in [0.5, 0.6) is 0 Å². The van der Waals surface area contributed by atoms with Gasteiger partial charge in [-0.3, -0.25) is 19.6 Å². The SMILES string of the molecule is Cc1ccc(N2C(=O)C(C)(C)C(N3CCCCC3)C2=NC23CC4CC(CC(C4)C2)C3)cc1. The highest BCUT2D eigenvalue weighted by Gasteiger charge is 2.57. The first-order chi connectivity index (χ1) is 15.3. The van der Waals surface area contributed by atoms with Crippen molar-refractivity contribution in [3.8, 4) is 0 Å². The van der Waals surface area contributed by atoms with Crippen molar-refractivity contribution >= 4 is 17.4 Å². The van der Waals surface area contributed by atoms with Crippen molar-refractivity contribution in [2.75, 3.05) is 18.0 Å². The summed E-state index contributed by atoms with van der Waals surface area (Å²) in [6, 6.07) is 8.59. The number of hydrogen-bond donors (Lipinski definition) is 0. The van der Waals surface area contributed by atoms with Crippen LogP contribution in [0.25, 0.3) is 0 Å². The molecule has 7 rings (SSSR count). The van der Waals surface area contributed by atoms with E-state index in [9.17, 15) is 4.79 Å². The molecular weight excluding hydrogens is 394 g/mol. The number of likely N-dealkylation sites (tertiary alicyclic amines) is 1. The number of aryl methyl sites for hydroxylation is 1. The predicted molar refractivity (Wildman–Crippen MR) is 130 cm³/mol. The van der Waals surface area contributed by atoms with Gasteiger partial charge in [0.1, 0.15) is 5.84 Å². The highest BCUT2D eigenvalue weighted by Crippen LogP contribution is 2.58. The van der Waals surface area contributed by atoms with Gasteiger partial charge in [0.25, 0.3) is 0 Å². The van der Waals surface area contributed by atoms with E-state index in [4.69, 9.17) is 4.99 Å². The van der Waals surface area contributed by atoms with Crippen LogP contribution in [-0.2, 0) is 4.79 Å². The predicted octanol–water partition coefficient (Wildman–Crippen LogP) is 5.59. The molecule has 1 unspecified atom stereocenters. The molecule has 1 atom stereocenters. The molecule has 2 saturated heterocycles. The van der Waals surface area contributed by atoms with Crippen molar-refractivity contribution in [1.29, 1.82) is 0 Å². The number of rotatable bonds is 3. The van der Waals surface area contributed by atoms with Crippen LogP contribution in [0.15, 0.2) is 29.3 Å². The van der Waals surface area contributed by atoms with Crippen molar-refractivity contribution < 1.29 is 4.79 Å². The Kier molecular flexibility index (Phi) is 4.84. The summed E-state index contributed by atoms with van der Waals surface area (Å²) >= 11 is 0. The Bertz CT molecular complexity index is 889. The summed E-state index contributed by atoms with van der Waals surface area (Å²) in [4.78, 5) is 24.3. The first-order valence-electron chi connectivity index (χ1n) is 13.1. The molecule has 6 fully saturated rings. The number of anilines is 1. The van der Waals surface area contributed by atoms with Crippen LogP contribution in [0.1, 0.15) is 77.2 Å². The number of aliphatic imine (C=N–C) groups is 1. The number of amidine groups is 1. The molecule has 172 valence electrons. The van der Waals surface area contributed by atoms with E-state index in [1.54, 1.807) is 0 Å². The van der Waals surface area contributed by atoms with Crippen LogP contribution in [0.3, 0.4) is 0 Å². The fraction of sp³-hybridized carbons (Fsp3) is 0.714. The molecular formula is C28H39N3O. The van der Waals surface area contributed by atoms with E-state index in [1.807, 2.05) is 4.90 Å². The molecule has 4 saturated carbocycles. The van der Waals surface area contributed by atoms with Crippen molar-refractivity contribution in [2.45, 2.75) is 90.1 Å². The van der Waals surface area contributed by atoms with E-state index in [0.717, 1.165) is 42.4 Å². The fourth-order valence-electron chi connectivity index (χ4n) is 8.25. The Morgan fingerprint density at radius 3 is 2.00 bits per heavy atom. The lowest BCUT2D eigenvalue weighted by molar-refractivity contribution is -0.125. The third-order valence-electron chi connectivity index (χ3n) is 9.32. The third kappa shape index (κ3) is 3.28. The molecule has 1 aromatic carbocycles. The second-order valence-electron chi connectivity index (χ2n) is 12.3. The minimum absolute atomic E-state index is 0.0712. The second kappa shape index (κ2) is 7.41. The van der Waals surface area contributed by atoms with E-state index in [-0.39, 0.29) is 17.5 Å². The molecule has 0 N–H and O–H groups in total. The normalized spacial score (nSPS) is 39.9. The van der Waals surface area contributed by atoms with Crippen molar-refractivity contribution in [3.63, 3.8) is 0 Å². The molecule has 2 aliphatic heterocycles. The average Bonchev–Trinajstić information content (AvgIpc) is 2.93. The van der Waals surface area contributed by atoms with Crippen molar-refractivity contribution in [3.05, 3.63) is 29.8 Å². The zero-order valence-electron chi connectivity index (χ0n) is 20.1. The van der Waals surface area contributed by atoms with Gasteiger partial charge in [-0.15, -0.1) is 0 Å². The van der Waals surface area contributed by atoms with Gasteiger partial charge in [0.05, 0.1) is 22.7 Å².